The van der Waals surface area contributed by atoms with Crippen molar-refractivity contribution < 1.29 is 9.53 Å². The Morgan fingerprint density at radius 3 is 2.00 bits per heavy atom. The molecule has 3 rings (SSSR count). The minimum absolute atomic E-state index is 0.473. The predicted molar refractivity (Wildman–Crippen MR) is 66.8 cm³/mol. The van der Waals surface area contributed by atoms with Gasteiger partial charge in [-0.15, -0.1) is 0 Å². The van der Waals surface area contributed by atoms with Crippen LogP contribution in [0.4, 0.5) is 0 Å². The molecule has 0 radical (unpaired) electrons. The number of ether oxygens (including phenoxy) is 1. The van der Waals surface area contributed by atoms with Crippen LogP contribution in [-0.2, 0) is 9.53 Å². The van der Waals surface area contributed by atoms with Crippen LogP contribution >= 0.6 is 0 Å². The smallest absolute Gasteiger partial charge is 0.132 e. The lowest BCUT2D eigenvalue weighted by molar-refractivity contribution is -0.190. The summed E-state index contributed by atoms with van der Waals surface area (Å²) in [4.78, 5) is 11.4. The van der Waals surface area contributed by atoms with Gasteiger partial charge in [0.2, 0.25) is 0 Å². The summed E-state index contributed by atoms with van der Waals surface area (Å²) in [7, 11) is 0. The van der Waals surface area contributed by atoms with Gasteiger partial charge in [-0.05, 0) is 37.5 Å². The van der Waals surface area contributed by atoms with Crippen molar-refractivity contribution >= 4 is 5.78 Å². The summed E-state index contributed by atoms with van der Waals surface area (Å²) in [6.45, 7) is 1.97. The molecule has 0 amide bonds. The molecule has 96 valence electrons. The zero-order valence-corrected chi connectivity index (χ0v) is 10.7. The molecule has 3 fully saturated rings. The van der Waals surface area contributed by atoms with Gasteiger partial charge in [0.25, 0.3) is 0 Å². The van der Waals surface area contributed by atoms with E-state index in [-0.39, 0.29) is 0 Å². The van der Waals surface area contributed by atoms with E-state index in [0.717, 1.165) is 50.7 Å². The zero-order valence-electron chi connectivity index (χ0n) is 10.7. The molecule has 2 nitrogen and oxygen atoms in total. The van der Waals surface area contributed by atoms with Gasteiger partial charge in [-0.3, -0.25) is 4.79 Å². The first-order chi connectivity index (χ1) is 8.31. The molecular weight excluding hydrogens is 212 g/mol. The van der Waals surface area contributed by atoms with Crippen LogP contribution in [-0.4, -0.2) is 19.0 Å². The van der Waals surface area contributed by atoms with Gasteiger partial charge >= 0.3 is 0 Å². The Hall–Kier alpha value is -0.370. The Morgan fingerprint density at radius 1 is 0.882 bits per heavy atom. The molecule has 0 spiro atoms. The SMILES string of the molecule is O=C1CCC(C2(C3CCCCC3)COC2)CC1. The Balaban J connectivity index is 1.70. The maximum atomic E-state index is 11.4. The Kier molecular flexibility index (Phi) is 3.25. The molecule has 0 N–H and O–H groups in total. The van der Waals surface area contributed by atoms with Crippen molar-refractivity contribution in [2.45, 2.75) is 57.8 Å². The first-order valence-electron chi connectivity index (χ1n) is 7.41. The highest BCUT2D eigenvalue weighted by molar-refractivity contribution is 5.79. The van der Waals surface area contributed by atoms with Gasteiger partial charge in [0, 0.05) is 18.3 Å². The summed E-state index contributed by atoms with van der Waals surface area (Å²) in [6, 6.07) is 0. The van der Waals surface area contributed by atoms with E-state index in [1.165, 1.54) is 32.1 Å². The molecule has 17 heavy (non-hydrogen) atoms. The number of carbonyl (C=O) groups is 1. The molecule has 0 aromatic carbocycles. The molecule has 0 atom stereocenters. The van der Waals surface area contributed by atoms with Crippen molar-refractivity contribution in [3.8, 4) is 0 Å². The zero-order chi connectivity index (χ0) is 11.7. The molecule has 1 aliphatic heterocycles. The third-order valence-electron chi connectivity index (χ3n) is 5.52. The average molecular weight is 236 g/mol. The van der Waals surface area contributed by atoms with Gasteiger partial charge in [-0.2, -0.15) is 0 Å². The minimum atomic E-state index is 0.473. The van der Waals surface area contributed by atoms with Gasteiger partial charge in [0.1, 0.15) is 5.78 Å². The minimum Gasteiger partial charge on any atom is -0.380 e. The molecule has 2 saturated carbocycles. The van der Waals surface area contributed by atoms with E-state index in [1.807, 2.05) is 0 Å². The topological polar surface area (TPSA) is 26.3 Å². The molecule has 3 aliphatic rings. The average Bonchev–Trinajstić information content (AvgIpc) is 2.32. The number of ketones is 1. The lowest BCUT2D eigenvalue weighted by atomic mass is 9.57. The third-order valence-corrected chi connectivity index (χ3v) is 5.52. The highest BCUT2D eigenvalue weighted by atomic mass is 16.5. The lowest BCUT2D eigenvalue weighted by Gasteiger charge is -2.54. The fourth-order valence-electron chi connectivity index (χ4n) is 4.33. The van der Waals surface area contributed by atoms with E-state index >= 15 is 0 Å². The largest absolute Gasteiger partial charge is 0.380 e. The standard InChI is InChI=1S/C15H24O2/c16-14-8-6-13(7-9-14)15(10-17-11-15)12-4-2-1-3-5-12/h12-13H,1-11H2. The van der Waals surface area contributed by atoms with Crippen molar-refractivity contribution in [2.75, 3.05) is 13.2 Å². The van der Waals surface area contributed by atoms with Crippen LogP contribution in [0.25, 0.3) is 0 Å². The second-order valence-electron chi connectivity index (χ2n) is 6.37. The van der Waals surface area contributed by atoms with Gasteiger partial charge in [-0.1, -0.05) is 19.3 Å². The van der Waals surface area contributed by atoms with Gasteiger partial charge in [0.05, 0.1) is 13.2 Å². The Labute approximate surface area is 104 Å². The number of hydrogen-bond donors (Lipinski definition) is 0. The van der Waals surface area contributed by atoms with Crippen molar-refractivity contribution in [3.63, 3.8) is 0 Å². The summed E-state index contributed by atoms with van der Waals surface area (Å²) in [5, 5.41) is 0. The quantitative estimate of drug-likeness (QED) is 0.735. The first-order valence-corrected chi connectivity index (χ1v) is 7.41. The van der Waals surface area contributed by atoms with Crippen molar-refractivity contribution in [1.29, 1.82) is 0 Å². The van der Waals surface area contributed by atoms with Crippen molar-refractivity contribution in [3.05, 3.63) is 0 Å². The highest BCUT2D eigenvalue weighted by Gasteiger charge is 2.51. The normalized spacial score (nSPS) is 31.2. The summed E-state index contributed by atoms with van der Waals surface area (Å²) in [5.74, 6) is 2.15. The lowest BCUT2D eigenvalue weighted by Crippen LogP contribution is -2.54. The second kappa shape index (κ2) is 4.72. The van der Waals surface area contributed by atoms with Crippen LogP contribution in [0.1, 0.15) is 57.8 Å². The van der Waals surface area contributed by atoms with Crippen LogP contribution in [0.5, 0.6) is 0 Å². The number of carbonyl (C=O) groups excluding carboxylic acids is 1. The molecular formula is C15H24O2. The molecule has 0 bridgehead atoms. The Bertz CT molecular complexity index is 277. The molecule has 1 heterocycles. The highest BCUT2D eigenvalue weighted by Crippen LogP contribution is 2.52. The van der Waals surface area contributed by atoms with Crippen LogP contribution in [0.3, 0.4) is 0 Å². The maximum Gasteiger partial charge on any atom is 0.132 e. The van der Waals surface area contributed by atoms with E-state index in [2.05, 4.69) is 0 Å². The molecule has 0 aromatic rings. The maximum absolute atomic E-state index is 11.4. The summed E-state index contributed by atoms with van der Waals surface area (Å²) in [5.41, 5.74) is 0.473. The van der Waals surface area contributed by atoms with E-state index < -0.39 is 0 Å². The number of Topliss-reactive ketones (excluding diaryl/α,β-unsaturated/α-hetero) is 1. The number of rotatable bonds is 2. The van der Waals surface area contributed by atoms with Crippen molar-refractivity contribution in [1.82, 2.24) is 0 Å². The van der Waals surface area contributed by atoms with Crippen LogP contribution in [0.2, 0.25) is 0 Å². The fourth-order valence-corrected chi connectivity index (χ4v) is 4.33. The van der Waals surface area contributed by atoms with Crippen LogP contribution < -0.4 is 0 Å². The summed E-state index contributed by atoms with van der Waals surface area (Å²) >= 11 is 0. The third kappa shape index (κ3) is 2.05. The van der Waals surface area contributed by atoms with E-state index in [1.54, 1.807) is 0 Å². The van der Waals surface area contributed by atoms with Gasteiger partial charge < -0.3 is 4.74 Å². The first kappa shape index (κ1) is 11.7. The van der Waals surface area contributed by atoms with Gasteiger partial charge in [0.15, 0.2) is 0 Å². The van der Waals surface area contributed by atoms with E-state index in [9.17, 15) is 4.79 Å². The molecule has 2 aliphatic carbocycles. The molecule has 2 heteroatoms. The van der Waals surface area contributed by atoms with Crippen LogP contribution in [0.15, 0.2) is 0 Å². The second-order valence-corrected chi connectivity index (χ2v) is 6.37. The van der Waals surface area contributed by atoms with E-state index in [0.29, 0.717) is 11.2 Å². The predicted octanol–water partition coefficient (Wildman–Crippen LogP) is 3.34. The molecule has 1 saturated heterocycles. The fraction of sp³-hybridized carbons (Fsp3) is 0.933. The summed E-state index contributed by atoms with van der Waals surface area (Å²) < 4.78 is 5.59. The monoisotopic (exact) mass is 236 g/mol. The van der Waals surface area contributed by atoms with Crippen LogP contribution in [0, 0.1) is 17.3 Å². The summed E-state index contributed by atoms with van der Waals surface area (Å²) in [6.07, 6.45) is 11.0. The van der Waals surface area contributed by atoms with E-state index in [4.69, 9.17) is 4.74 Å². The molecule has 0 unspecified atom stereocenters. The number of hydrogen-bond acceptors (Lipinski definition) is 2. The van der Waals surface area contributed by atoms with Gasteiger partial charge in [-0.25, -0.2) is 0 Å². The molecule has 0 aromatic heterocycles. The van der Waals surface area contributed by atoms with Crippen molar-refractivity contribution in [2.24, 2.45) is 17.3 Å². The Morgan fingerprint density at radius 2 is 1.47 bits per heavy atom.